The number of ether oxygens (including phenoxy) is 1. The number of rotatable bonds is 5. The van der Waals surface area contributed by atoms with E-state index in [1.54, 1.807) is 17.8 Å². The van der Waals surface area contributed by atoms with E-state index in [-0.39, 0.29) is 11.7 Å². The molecular weight excluding hydrogens is 397 g/mol. The minimum absolute atomic E-state index is 0.195. The Labute approximate surface area is 180 Å². The molecule has 0 bridgehead atoms. The lowest BCUT2D eigenvalue weighted by Gasteiger charge is -2.24. The number of hydrogen-bond acceptors (Lipinski definition) is 7. The third-order valence-corrected chi connectivity index (χ3v) is 6.31. The van der Waals surface area contributed by atoms with Crippen LogP contribution >= 0.6 is 0 Å². The molecule has 5 rings (SSSR count). The fourth-order valence-corrected chi connectivity index (χ4v) is 4.67. The molecular formula is C22H28FN7O. The van der Waals surface area contributed by atoms with Gasteiger partial charge in [0.25, 0.3) is 0 Å². The van der Waals surface area contributed by atoms with Gasteiger partial charge in [-0.1, -0.05) is 19.3 Å². The quantitative estimate of drug-likeness (QED) is 0.646. The Balaban J connectivity index is 1.52. The van der Waals surface area contributed by atoms with Gasteiger partial charge >= 0.3 is 0 Å². The standard InChI is InChI=1S/C22H28FN7O/c1-31-18-10-19-25-13-17(30(19)29-20(18)14-6-3-2-4-7-14)21-16(23)12-26-22(28-21)27-15-8-5-9-24-11-15/h10,12-15,24H,2-9,11H2,1H3,(H,26,27,28). The van der Waals surface area contributed by atoms with Gasteiger partial charge in [0.15, 0.2) is 11.5 Å². The van der Waals surface area contributed by atoms with Gasteiger partial charge in [-0.25, -0.2) is 23.9 Å². The van der Waals surface area contributed by atoms with Gasteiger partial charge in [-0.15, -0.1) is 0 Å². The Bertz CT molecular complexity index is 1060. The molecule has 0 aromatic carbocycles. The van der Waals surface area contributed by atoms with Gasteiger partial charge in [0.2, 0.25) is 5.95 Å². The molecule has 1 saturated carbocycles. The summed E-state index contributed by atoms with van der Waals surface area (Å²) in [6, 6.07) is 2.11. The fourth-order valence-electron chi connectivity index (χ4n) is 4.67. The third kappa shape index (κ3) is 4.06. The molecule has 8 nitrogen and oxygen atoms in total. The maximum Gasteiger partial charge on any atom is 0.223 e. The van der Waals surface area contributed by atoms with Crippen LogP contribution in [0, 0.1) is 5.82 Å². The minimum atomic E-state index is -0.494. The highest BCUT2D eigenvalue weighted by molar-refractivity contribution is 5.62. The topological polar surface area (TPSA) is 89.3 Å². The van der Waals surface area contributed by atoms with Crippen molar-refractivity contribution in [3.63, 3.8) is 0 Å². The molecule has 31 heavy (non-hydrogen) atoms. The summed E-state index contributed by atoms with van der Waals surface area (Å²) < 4.78 is 22.1. The van der Waals surface area contributed by atoms with Gasteiger partial charge in [-0.05, 0) is 32.2 Å². The first-order valence-corrected chi connectivity index (χ1v) is 11.2. The Kier molecular flexibility index (Phi) is 5.67. The Morgan fingerprint density at radius 2 is 2.00 bits per heavy atom. The predicted molar refractivity (Wildman–Crippen MR) is 116 cm³/mol. The van der Waals surface area contributed by atoms with E-state index < -0.39 is 5.82 Å². The van der Waals surface area contributed by atoms with E-state index >= 15 is 0 Å². The minimum Gasteiger partial charge on any atom is -0.495 e. The molecule has 1 unspecified atom stereocenters. The van der Waals surface area contributed by atoms with Crippen molar-refractivity contribution in [3.8, 4) is 17.1 Å². The SMILES string of the molecule is COc1cc2ncc(-c3nc(NC4CCCNC4)ncc3F)n2nc1C1CCCCC1. The molecule has 3 aromatic rings. The molecule has 1 aliphatic heterocycles. The van der Waals surface area contributed by atoms with Crippen LogP contribution in [0.1, 0.15) is 56.6 Å². The summed E-state index contributed by atoms with van der Waals surface area (Å²) in [4.78, 5) is 13.1. The van der Waals surface area contributed by atoms with E-state index in [1.807, 2.05) is 6.07 Å². The zero-order chi connectivity index (χ0) is 21.2. The van der Waals surface area contributed by atoms with Gasteiger partial charge in [-0.2, -0.15) is 5.10 Å². The summed E-state index contributed by atoms with van der Waals surface area (Å²) in [6.07, 6.45) is 10.8. The molecule has 1 saturated heterocycles. The highest BCUT2D eigenvalue weighted by Gasteiger charge is 2.24. The van der Waals surface area contributed by atoms with Crippen LogP contribution in [-0.2, 0) is 0 Å². The van der Waals surface area contributed by atoms with E-state index in [2.05, 4.69) is 25.6 Å². The number of halogens is 1. The molecule has 0 radical (unpaired) electrons. The number of nitrogens with one attached hydrogen (secondary N) is 2. The largest absolute Gasteiger partial charge is 0.495 e. The Hall–Kier alpha value is -2.81. The molecule has 0 spiro atoms. The normalized spacial score (nSPS) is 20.1. The van der Waals surface area contributed by atoms with Crippen molar-refractivity contribution in [1.29, 1.82) is 0 Å². The van der Waals surface area contributed by atoms with E-state index in [1.165, 1.54) is 25.5 Å². The molecule has 3 aromatic heterocycles. The first-order chi connectivity index (χ1) is 15.2. The van der Waals surface area contributed by atoms with Gasteiger partial charge < -0.3 is 15.4 Å². The van der Waals surface area contributed by atoms with Crippen molar-refractivity contribution in [1.82, 2.24) is 29.9 Å². The van der Waals surface area contributed by atoms with Crippen LogP contribution in [0.5, 0.6) is 5.75 Å². The zero-order valence-corrected chi connectivity index (χ0v) is 17.8. The van der Waals surface area contributed by atoms with E-state index in [4.69, 9.17) is 9.84 Å². The lowest BCUT2D eigenvalue weighted by atomic mass is 9.86. The predicted octanol–water partition coefficient (Wildman–Crippen LogP) is 3.55. The van der Waals surface area contributed by atoms with Gasteiger partial charge in [0.1, 0.15) is 22.8 Å². The molecule has 1 atom stereocenters. The number of hydrogen-bond donors (Lipinski definition) is 2. The molecule has 9 heteroatoms. The van der Waals surface area contributed by atoms with Gasteiger partial charge in [-0.3, -0.25) is 0 Å². The van der Waals surface area contributed by atoms with Crippen LogP contribution in [0.2, 0.25) is 0 Å². The molecule has 2 aliphatic rings. The number of nitrogens with zero attached hydrogens (tertiary/aromatic N) is 5. The summed E-state index contributed by atoms with van der Waals surface area (Å²) in [7, 11) is 1.66. The third-order valence-electron chi connectivity index (χ3n) is 6.31. The van der Waals surface area contributed by atoms with E-state index in [0.29, 0.717) is 23.2 Å². The van der Waals surface area contributed by atoms with Crippen molar-refractivity contribution in [3.05, 3.63) is 30.0 Å². The zero-order valence-electron chi connectivity index (χ0n) is 17.8. The van der Waals surface area contributed by atoms with Crippen molar-refractivity contribution in [2.45, 2.75) is 56.9 Å². The molecule has 164 valence electrons. The lowest BCUT2D eigenvalue weighted by molar-refractivity contribution is 0.377. The summed E-state index contributed by atoms with van der Waals surface area (Å²) in [6.45, 7) is 1.87. The maximum atomic E-state index is 14.8. The first-order valence-electron chi connectivity index (χ1n) is 11.2. The molecule has 0 amide bonds. The van der Waals surface area contributed by atoms with Gasteiger partial charge in [0, 0.05) is 24.6 Å². The van der Waals surface area contributed by atoms with E-state index in [9.17, 15) is 4.39 Å². The number of fused-ring (bicyclic) bond motifs is 1. The maximum absolute atomic E-state index is 14.8. The number of methoxy groups -OCH3 is 1. The lowest BCUT2D eigenvalue weighted by Crippen LogP contribution is -2.38. The smallest absolute Gasteiger partial charge is 0.223 e. The molecule has 2 N–H and O–H groups in total. The highest BCUT2D eigenvalue weighted by atomic mass is 19.1. The molecule has 1 aliphatic carbocycles. The fraction of sp³-hybridized carbons (Fsp3) is 0.545. The van der Waals surface area contributed by atoms with Crippen LogP contribution in [-0.4, -0.2) is 50.8 Å². The number of imidazole rings is 1. The average molecular weight is 426 g/mol. The van der Waals surface area contributed by atoms with Crippen LogP contribution in [0.25, 0.3) is 17.0 Å². The van der Waals surface area contributed by atoms with Gasteiger partial charge in [0.05, 0.1) is 19.5 Å². The average Bonchev–Trinajstić information content (AvgIpc) is 3.23. The monoisotopic (exact) mass is 425 g/mol. The van der Waals surface area contributed by atoms with Crippen molar-refractivity contribution < 1.29 is 9.13 Å². The number of anilines is 1. The molecule has 2 fully saturated rings. The highest BCUT2D eigenvalue weighted by Crippen LogP contribution is 2.37. The van der Waals surface area contributed by atoms with Crippen molar-refractivity contribution in [2.24, 2.45) is 0 Å². The van der Waals surface area contributed by atoms with Crippen molar-refractivity contribution >= 4 is 11.6 Å². The molecule has 4 heterocycles. The summed E-state index contributed by atoms with van der Waals surface area (Å²) in [5.74, 6) is 1.01. The summed E-state index contributed by atoms with van der Waals surface area (Å²) >= 11 is 0. The number of piperidine rings is 1. The Morgan fingerprint density at radius 3 is 2.77 bits per heavy atom. The van der Waals surface area contributed by atoms with Crippen LogP contribution in [0.4, 0.5) is 10.3 Å². The van der Waals surface area contributed by atoms with Crippen LogP contribution < -0.4 is 15.4 Å². The van der Waals surface area contributed by atoms with E-state index in [0.717, 1.165) is 50.2 Å². The Morgan fingerprint density at radius 1 is 1.13 bits per heavy atom. The second-order valence-electron chi connectivity index (χ2n) is 8.42. The second-order valence-corrected chi connectivity index (χ2v) is 8.42. The van der Waals surface area contributed by atoms with Crippen molar-refractivity contribution in [2.75, 3.05) is 25.5 Å². The first kappa shape index (κ1) is 20.1. The van der Waals surface area contributed by atoms with Crippen LogP contribution in [0.15, 0.2) is 18.5 Å². The summed E-state index contributed by atoms with van der Waals surface area (Å²) in [5, 5.41) is 11.5. The second kappa shape index (κ2) is 8.74. The number of aromatic nitrogens is 5. The summed E-state index contributed by atoms with van der Waals surface area (Å²) in [5.41, 5.74) is 2.23. The van der Waals surface area contributed by atoms with Crippen LogP contribution in [0.3, 0.4) is 0 Å².